The van der Waals surface area contributed by atoms with Crippen LogP contribution in [-0.2, 0) is 14.8 Å². The highest BCUT2D eigenvalue weighted by Gasteiger charge is 2.35. The van der Waals surface area contributed by atoms with Crippen LogP contribution in [0.25, 0.3) is 17.2 Å². The lowest BCUT2D eigenvalue weighted by Crippen LogP contribution is -2.41. The number of sulfonamides is 1. The standard InChI is InChI=1S/C25H30FN7O5S/c1-15(26)14-28-23(27-4)22(38-7)17(3)39(34,35)32-25-31-30-24(18-11-8-10-16(2)29-18)33(25)21-19(36-5)12-9-13-20(21)37-6/h8-14,17,22H,4H2,1-3,5-7H3,(H,31,32)/b15-14+,28-23-/t17-,22-/m0/s1. The summed E-state index contributed by atoms with van der Waals surface area (Å²) in [6.45, 7) is 7.79. The van der Waals surface area contributed by atoms with Gasteiger partial charge in [-0.25, -0.2) is 27.8 Å². The first-order chi connectivity index (χ1) is 18.6. The number of aliphatic imine (C=N–C) groups is 2. The lowest BCUT2D eigenvalue weighted by molar-refractivity contribution is 0.154. The number of methoxy groups -OCH3 is 3. The largest absolute Gasteiger partial charge is 0.494 e. The molecule has 2 aromatic heterocycles. The van der Waals surface area contributed by atoms with Gasteiger partial charge in [0.15, 0.2) is 11.7 Å². The van der Waals surface area contributed by atoms with Crippen molar-refractivity contribution in [3.05, 3.63) is 54.1 Å². The Balaban J connectivity index is 2.19. The minimum Gasteiger partial charge on any atom is -0.494 e. The Morgan fingerprint density at radius 2 is 1.77 bits per heavy atom. The predicted octanol–water partition coefficient (Wildman–Crippen LogP) is 3.73. The topological polar surface area (TPSA) is 142 Å². The van der Waals surface area contributed by atoms with E-state index in [1.54, 1.807) is 30.3 Å². The molecule has 0 saturated heterocycles. The fourth-order valence-corrected chi connectivity index (χ4v) is 4.83. The van der Waals surface area contributed by atoms with Crippen LogP contribution in [0.2, 0.25) is 0 Å². The molecule has 0 aliphatic rings. The summed E-state index contributed by atoms with van der Waals surface area (Å²) in [6, 6.07) is 10.4. The number of rotatable bonds is 11. The van der Waals surface area contributed by atoms with Crippen LogP contribution in [0.1, 0.15) is 19.5 Å². The number of nitrogens with one attached hydrogen (secondary N) is 1. The molecule has 208 valence electrons. The van der Waals surface area contributed by atoms with Crippen molar-refractivity contribution in [2.45, 2.75) is 32.1 Å². The number of halogens is 1. The maximum atomic E-state index is 13.6. The van der Waals surface area contributed by atoms with E-state index < -0.39 is 27.2 Å². The fourth-order valence-electron chi connectivity index (χ4n) is 3.70. The lowest BCUT2D eigenvalue weighted by Gasteiger charge is -2.23. The van der Waals surface area contributed by atoms with Gasteiger partial charge in [0.2, 0.25) is 16.0 Å². The summed E-state index contributed by atoms with van der Waals surface area (Å²) in [4.78, 5) is 12.1. The van der Waals surface area contributed by atoms with Gasteiger partial charge in [-0.15, -0.1) is 10.2 Å². The van der Waals surface area contributed by atoms with Crippen molar-refractivity contribution in [1.82, 2.24) is 19.7 Å². The number of hydrogen-bond acceptors (Lipinski definition) is 9. The monoisotopic (exact) mass is 559 g/mol. The summed E-state index contributed by atoms with van der Waals surface area (Å²) in [5.74, 6) is 0.0756. The molecule has 0 amide bonds. The molecule has 0 unspecified atom stereocenters. The third-order valence-corrected chi connectivity index (χ3v) is 7.29. The Morgan fingerprint density at radius 3 is 2.31 bits per heavy atom. The summed E-state index contributed by atoms with van der Waals surface area (Å²) >= 11 is 0. The maximum Gasteiger partial charge on any atom is 0.243 e. The van der Waals surface area contributed by atoms with Gasteiger partial charge in [0, 0.05) is 12.8 Å². The lowest BCUT2D eigenvalue weighted by atomic mass is 10.2. The van der Waals surface area contributed by atoms with E-state index in [9.17, 15) is 12.8 Å². The van der Waals surface area contributed by atoms with E-state index in [1.807, 2.05) is 13.0 Å². The van der Waals surface area contributed by atoms with Crippen LogP contribution >= 0.6 is 0 Å². The first-order valence-electron chi connectivity index (χ1n) is 11.6. The Morgan fingerprint density at radius 1 is 1.13 bits per heavy atom. The molecule has 0 aliphatic carbocycles. The molecule has 39 heavy (non-hydrogen) atoms. The number of benzene rings is 1. The fraction of sp³-hybridized carbons (Fsp3) is 0.320. The maximum absolute atomic E-state index is 13.6. The van der Waals surface area contributed by atoms with Crippen LogP contribution in [0.3, 0.4) is 0 Å². The van der Waals surface area contributed by atoms with Crippen molar-refractivity contribution in [3.8, 4) is 28.7 Å². The van der Waals surface area contributed by atoms with Crippen LogP contribution < -0.4 is 14.2 Å². The normalized spacial score (nSPS) is 14.0. The van der Waals surface area contributed by atoms with Gasteiger partial charge >= 0.3 is 0 Å². The summed E-state index contributed by atoms with van der Waals surface area (Å²) in [5.41, 5.74) is 1.49. The molecule has 0 fully saturated rings. The molecule has 2 atom stereocenters. The number of amidine groups is 1. The van der Waals surface area contributed by atoms with Crippen LogP contribution in [-0.4, -0.2) is 73.4 Å². The highest BCUT2D eigenvalue weighted by molar-refractivity contribution is 7.93. The van der Waals surface area contributed by atoms with Gasteiger partial charge in [-0.3, -0.25) is 9.29 Å². The predicted molar refractivity (Wildman–Crippen MR) is 147 cm³/mol. The van der Waals surface area contributed by atoms with E-state index in [1.165, 1.54) is 39.7 Å². The third kappa shape index (κ3) is 6.46. The molecule has 12 nitrogen and oxygen atoms in total. The second-order valence-corrected chi connectivity index (χ2v) is 10.3. The quantitative estimate of drug-likeness (QED) is 0.277. The van der Waals surface area contributed by atoms with Crippen molar-refractivity contribution < 1.29 is 27.0 Å². The Labute approximate surface area is 226 Å². The van der Waals surface area contributed by atoms with Crippen LogP contribution in [0.5, 0.6) is 11.5 Å². The smallest absolute Gasteiger partial charge is 0.243 e. The average Bonchev–Trinajstić information content (AvgIpc) is 3.32. The van der Waals surface area contributed by atoms with Crippen molar-refractivity contribution in [2.75, 3.05) is 26.1 Å². The second kappa shape index (κ2) is 12.6. The SMILES string of the molecule is C=N/C(=N\C=C(/C)F)[C@@H](OC)[C@H](C)S(=O)(=O)Nc1nnc(-c2cccc(C)n2)n1-c1c(OC)cccc1OC. The molecule has 1 aromatic carbocycles. The number of nitrogens with zero attached hydrogens (tertiary/aromatic N) is 6. The van der Waals surface area contributed by atoms with Crippen molar-refractivity contribution in [1.29, 1.82) is 0 Å². The molecule has 0 aliphatic heterocycles. The van der Waals surface area contributed by atoms with Gasteiger partial charge in [-0.05, 0) is 51.8 Å². The summed E-state index contributed by atoms with van der Waals surface area (Å²) in [7, 11) is -0.0210. The zero-order valence-corrected chi connectivity index (χ0v) is 23.2. The Kier molecular flexibility index (Phi) is 9.48. The van der Waals surface area contributed by atoms with E-state index >= 15 is 0 Å². The van der Waals surface area contributed by atoms with Crippen LogP contribution in [0.4, 0.5) is 10.3 Å². The number of hydrogen-bond donors (Lipinski definition) is 1. The molecule has 0 saturated carbocycles. The van der Waals surface area contributed by atoms with Crippen LogP contribution in [0.15, 0.2) is 58.4 Å². The van der Waals surface area contributed by atoms with Gasteiger partial charge in [0.25, 0.3) is 0 Å². The van der Waals surface area contributed by atoms with Gasteiger partial charge in [-0.1, -0.05) is 12.1 Å². The van der Waals surface area contributed by atoms with Gasteiger partial charge < -0.3 is 14.2 Å². The molecular weight excluding hydrogens is 529 g/mol. The molecule has 0 bridgehead atoms. The zero-order chi connectivity index (χ0) is 28.7. The summed E-state index contributed by atoms with van der Waals surface area (Å²) < 4.78 is 60.9. The Hall–Kier alpha value is -4.17. The van der Waals surface area contributed by atoms with Crippen molar-refractivity contribution in [3.63, 3.8) is 0 Å². The minimum atomic E-state index is -4.25. The average molecular weight is 560 g/mol. The molecular formula is C25H30FN7O5S. The van der Waals surface area contributed by atoms with Gasteiger partial charge in [0.05, 0.1) is 20.4 Å². The highest BCUT2D eigenvalue weighted by Crippen LogP contribution is 2.37. The van der Waals surface area contributed by atoms with Crippen molar-refractivity contribution in [2.24, 2.45) is 9.98 Å². The number of aromatic nitrogens is 4. The summed E-state index contributed by atoms with van der Waals surface area (Å²) in [5, 5.41) is 7.10. The zero-order valence-electron chi connectivity index (χ0n) is 22.4. The molecule has 2 heterocycles. The van der Waals surface area contributed by atoms with E-state index in [-0.39, 0.29) is 17.6 Å². The van der Waals surface area contributed by atoms with E-state index in [0.29, 0.717) is 28.6 Å². The highest BCUT2D eigenvalue weighted by atomic mass is 32.2. The number of allylic oxidation sites excluding steroid dienone is 1. The number of aryl methyl sites for hydroxylation is 1. The first kappa shape index (κ1) is 29.4. The number of ether oxygens (including phenoxy) is 3. The van der Waals surface area contributed by atoms with E-state index in [4.69, 9.17) is 14.2 Å². The van der Waals surface area contributed by atoms with E-state index in [0.717, 1.165) is 6.20 Å². The van der Waals surface area contributed by atoms with Gasteiger partial charge in [-0.2, -0.15) is 0 Å². The molecule has 3 aromatic rings. The van der Waals surface area contributed by atoms with E-state index in [2.05, 4.69) is 36.6 Å². The summed E-state index contributed by atoms with van der Waals surface area (Å²) in [6.07, 6.45) is -0.292. The third-order valence-electron chi connectivity index (χ3n) is 5.60. The molecule has 0 spiro atoms. The molecule has 0 radical (unpaired) electrons. The number of anilines is 1. The Bertz CT molecular complexity index is 1480. The second-order valence-electron chi connectivity index (χ2n) is 8.23. The first-order valence-corrected chi connectivity index (χ1v) is 13.1. The number of para-hydroxylation sites is 1. The van der Waals surface area contributed by atoms with Crippen molar-refractivity contribution >= 4 is 28.5 Å². The molecule has 14 heteroatoms. The minimum absolute atomic E-state index is 0.120. The molecule has 1 N–H and O–H groups in total. The van der Waals surface area contributed by atoms with Crippen LogP contribution in [0, 0.1) is 6.92 Å². The van der Waals surface area contributed by atoms with Gasteiger partial charge in [0.1, 0.15) is 40.1 Å². The number of pyridine rings is 1. The molecule has 3 rings (SSSR count).